The Balaban J connectivity index is 0.000000126. The Kier molecular flexibility index (Phi) is 19.9. The molecule has 8 fully saturated rings. The lowest BCUT2D eigenvalue weighted by Crippen LogP contribution is -2.38. The highest BCUT2D eigenvalue weighted by molar-refractivity contribution is 8.00. The van der Waals surface area contributed by atoms with E-state index in [1.807, 2.05) is 0 Å². The van der Waals surface area contributed by atoms with Crippen molar-refractivity contribution in [1.82, 2.24) is 10.6 Å². The Hall–Kier alpha value is -2.97. The van der Waals surface area contributed by atoms with Crippen LogP contribution in [-0.2, 0) is 14.2 Å². The summed E-state index contributed by atoms with van der Waals surface area (Å²) in [5.74, 6) is 5.01. The molecule has 5 heterocycles. The van der Waals surface area contributed by atoms with E-state index in [9.17, 15) is 0 Å². The highest BCUT2D eigenvalue weighted by Crippen LogP contribution is 2.54. The highest BCUT2D eigenvalue weighted by Gasteiger charge is 2.50. The lowest BCUT2D eigenvalue weighted by molar-refractivity contribution is 0.000772. The van der Waals surface area contributed by atoms with Gasteiger partial charge in [0.2, 0.25) is 0 Å². The van der Waals surface area contributed by atoms with Gasteiger partial charge in [-0.25, -0.2) is 0 Å². The minimum absolute atomic E-state index is 0.338. The zero-order valence-corrected chi connectivity index (χ0v) is 51.5. The maximum atomic E-state index is 6.51. The molecule has 4 aromatic rings. The first-order valence-corrected chi connectivity index (χ1v) is 32.3. The van der Waals surface area contributed by atoms with E-state index in [2.05, 4.69) is 227 Å². The molecule has 0 aromatic heterocycles. The van der Waals surface area contributed by atoms with Gasteiger partial charge in [-0.1, -0.05) is 224 Å². The van der Waals surface area contributed by atoms with Gasteiger partial charge in [0.1, 0.15) is 0 Å². The second-order valence-corrected chi connectivity index (χ2v) is 31.8. The summed E-state index contributed by atoms with van der Waals surface area (Å²) < 4.78 is 18.8. The van der Waals surface area contributed by atoms with Crippen molar-refractivity contribution in [2.24, 2.45) is 51.2 Å². The molecule has 12 rings (SSSR count). The zero-order valence-electron chi connectivity index (χ0n) is 50.7. The summed E-state index contributed by atoms with van der Waals surface area (Å²) in [4.78, 5) is 0. The third-order valence-corrected chi connectivity index (χ3v) is 20.4. The number of hydrogen-bond donors (Lipinski definition) is 2. The molecule has 4 aromatic carbocycles. The van der Waals surface area contributed by atoms with Crippen LogP contribution in [0.3, 0.4) is 0 Å². The highest BCUT2D eigenvalue weighted by atomic mass is 32.2. The second kappa shape index (κ2) is 26.1. The number of nitrogens with one attached hydrogen (secondary N) is 2. The van der Waals surface area contributed by atoms with Crippen LogP contribution in [0.4, 0.5) is 0 Å². The van der Waals surface area contributed by atoms with E-state index in [-0.39, 0.29) is 0 Å². The minimum Gasteiger partial charge on any atom is -0.381 e. The lowest BCUT2D eigenvalue weighted by atomic mass is 9.73. The fourth-order valence-electron chi connectivity index (χ4n) is 15.6. The molecule has 3 aliphatic carbocycles. The minimum atomic E-state index is 0.338. The summed E-state index contributed by atoms with van der Waals surface area (Å²) in [6.45, 7) is 29.9. The topological polar surface area (TPSA) is 51.8 Å². The van der Waals surface area contributed by atoms with Crippen molar-refractivity contribution in [2.75, 3.05) is 13.2 Å². The third-order valence-electron chi connectivity index (χ3n) is 18.8. The quantitative estimate of drug-likeness (QED) is 0.183. The van der Waals surface area contributed by atoms with Crippen LogP contribution in [0.15, 0.2) is 121 Å². The first-order valence-electron chi connectivity index (χ1n) is 31.4. The predicted octanol–water partition coefficient (Wildman–Crippen LogP) is 18.3. The van der Waals surface area contributed by atoms with Crippen LogP contribution in [0.2, 0.25) is 0 Å². The lowest BCUT2D eigenvalue weighted by Gasteiger charge is -2.31. The number of fused-ring (bicyclic) bond motifs is 4. The molecule has 5 saturated heterocycles. The van der Waals surface area contributed by atoms with Crippen molar-refractivity contribution in [2.45, 2.75) is 238 Å². The maximum absolute atomic E-state index is 6.51. The van der Waals surface area contributed by atoms with Crippen molar-refractivity contribution in [1.29, 1.82) is 0 Å². The largest absolute Gasteiger partial charge is 0.381 e. The maximum Gasteiger partial charge on any atom is 0.0860 e. The van der Waals surface area contributed by atoms with Crippen molar-refractivity contribution >= 4 is 11.8 Å². The molecular formula is C72H106N2O3S. The number of rotatable bonds is 8. The molecule has 0 radical (unpaired) electrons. The van der Waals surface area contributed by atoms with Gasteiger partial charge < -0.3 is 24.8 Å². The monoisotopic (exact) mass is 1080 g/mol. The second-order valence-electron chi connectivity index (χ2n) is 30.3. The summed E-state index contributed by atoms with van der Waals surface area (Å²) in [5.41, 5.74) is 7.34. The van der Waals surface area contributed by atoms with Gasteiger partial charge in [0.25, 0.3) is 0 Å². The van der Waals surface area contributed by atoms with Crippen LogP contribution in [-0.4, -0.2) is 54.2 Å². The number of ether oxygens (including phenoxy) is 3. The number of benzene rings is 4. The Labute approximate surface area is 480 Å². The van der Waals surface area contributed by atoms with Gasteiger partial charge in [0, 0.05) is 41.1 Å². The van der Waals surface area contributed by atoms with E-state index in [1.165, 1.54) is 112 Å². The summed E-state index contributed by atoms with van der Waals surface area (Å²) in [7, 11) is 0. The van der Waals surface area contributed by atoms with E-state index in [1.54, 1.807) is 0 Å². The van der Waals surface area contributed by atoms with Crippen LogP contribution in [0.1, 0.15) is 219 Å². The molecule has 8 aliphatic rings. The van der Waals surface area contributed by atoms with E-state index in [0.29, 0.717) is 81.3 Å². The molecular weight excluding hydrogens is 973 g/mol. The summed E-state index contributed by atoms with van der Waals surface area (Å²) >= 11 is 2.21. The van der Waals surface area contributed by atoms with Crippen LogP contribution in [0.25, 0.3) is 0 Å². The fraction of sp³-hybridized carbons (Fsp3) is 0.667. The Morgan fingerprint density at radius 2 is 0.974 bits per heavy atom. The van der Waals surface area contributed by atoms with Crippen molar-refractivity contribution in [3.8, 4) is 0 Å². The standard InChI is InChI=1S/C19H28O.C18H27NS.C18H26O.C17H25NO/c1-19(2,3)13-17-18(14-9-5-4-6-10-14)15-11-7-8-12-16(15)20-17;1-18(2,3)12-17-19-15-11-14(9-10-16(15)20-17)13-7-5-4-6-8-13;1-18(2,3)12-16-14-10-7-11-15(14)17(19-16)13-8-5-4-6-9-13;1-17(2,3)9-15-13-10-19-11-14(13)16(18-15)12-7-5-4-6-8-12/h4-6,9-10,15-18H,7-8,11-13H2,1-3H3;4-8,14-17,19H,9-12H2,1-3H3;4-6,8-9,14-17H,7,10-12H2,1-3H3;4-8,13-16,18H,9-11H2,1-3H3. The van der Waals surface area contributed by atoms with E-state index < -0.39 is 0 Å². The first kappa shape index (κ1) is 59.6. The molecule has 78 heavy (non-hydrogen) atoms. The SMILES string of the molecule is CC(C)(C)CC1NC(c2ccccc2)C2COCC12.CC(C)(C)CC1NC2CC(c3ccccc3)CCC2S1.CC(C)(C)CC1OC(c2ccccc2)C2CCCC12.CC(C)(C)CC1OC2CCCCC2C1c1ccccc1. The molecule has 428 valence electrons. The molecule has 0 spiro atoms. The van der Waals surface area contributed by atoms with Gasteiger partial charge in [-0.3, -0.25) is 0 Å². The molecule has 0 bridgehead atoms. The summed E-state index contributed by atoms with van der Waals surface area (Å²) in [6.07, 6.45) is 20.1. The van der Waals surface area contributed by atoms with E-state index in [4.69, 9.17) is 14.2 Å². The average molecular weight is 1080 g/mol. The fourth-order valence-corrected chi connectivity index (χ4v) is 17.5. The third kappa shape index (κ3) is 16.2. The van der Waals surface area contributed by atoms with Crippen molar-refractivity contribution in [3.05, 3.63) is 144 Å². The summed E-state index contributed by atoms with van der Waals surface area (Å²) in [6, 6.07) is 45.7. The number of hydrogen-bond acceptors (Lipinski definition) is 6. The predicted molar refractivity (Wildman–Crippen MR) is 330 cm³/mol. The van der Waals surface area contributed by atoms with Gasteiger partial charge in [-0.05, 0) is 138 Å². The number of thioether (sulfide) groups is 1. The first-order chi connectivity index (χ1) is 37.1. The molecule has 16 unspecified atom stereocenters. The Morgan fingerprint density at radius 3 is 1.59 bits per heavy atom. The van der Waals surface area contributed by atoms with Gasteiger partial charge in [-0.15, -0.1) is 11.8 Å². The van der Waals surface area contributed by atoms with E-state index >= 15 is 0 Å². The Morgan fingerprint density at radius 1 is 0.449 bits per heavy atom. The Bertz CT molecular complexity index is 2300. The van der Waals surface area contributed by atoms with Crippen LogP contribution < -0.4 is 10.6 Å². The van der Waals surface area contributed by atoms with Gasteiger partial charge in [0.05, 0.1) is 43.0 Å². The molecule has 5 nitrogen and oxygen atoms in total. The van der Waals surface area contributed by atoms with Crippen molar-refractivity contribution < 1.29 is 14.2 Å². The molecule has 6 heteroatoms. The summed E-state index contributed by atoms with van der Waals surface area (Å²) in [5, 5.41) is 9.31. The smallest absolute Gasteiger partial charge is 0.0860 e. The normalized spacial score (nSPS) is 34.2. The molecule has 2 N–H and O–H groups in total. The molecule has 3 saturated carbocycles. The molecule has 16 atom stereocenters. The average Bonchev–Trinajstić information content (AvgIpc) is 4.34. The van der Waals surface area contributed by atoms with Crippen LogP contribution >= 0.6 is 11.8 Å². The molecule has 0 amide bonds. The van der Waals surface area contributed by atoms with Crippen LogP contribution in [0.5, 0.6) is 0 Å². The van der Waals surface area contributed by atoms with Crippen molar-refractivity contribution in [3.63, 3.8) is 0 Å². The zero-order chi connectivity index (χ0) is 55.2. The van der Waals surface area contributed by atoms with Crippen LogP contribution in [0, 0.1) is 51.2 Å². The van der Waals surface area contributed by atoms with Gasteiger partial charge in [-0.2, -0.15) is 0 Å². The molecule has 5 aliphatic heterocycles. The van der Waals surface area contributed by atoms with E-state index in [0.717, 1.165) is 48.2 Å². The van der Waals surface area contributed by atoms with Gasteiger partial charge in [0.15, 0.2) is 0 Å². The van der Waals surface area contributed by atoms with Gasteiger partial charge >= 0.3 is 0 Å².